The number of carbonyl (C=O) groups excluding carboxylic acids is 1. The Balaban J connectivity index is 1.98. The highest BCUT2D eigenvalue weighted by molar-refractivity contribution is 7.89. The number of carbonyl (C=O) groups is 1. The predicted octanol–water partition coefficient (Wildman–Crippen LogP) is 3.93. The Bertz CT molecular complexity index is 963. The minimum absolute atomic E-state index is 0.146. The van der Waals surface area contributed by atoms with E-state index in [4.69, 9.17) is 4.74 Å². The molecular formula is C22H26N2O4S. The standard InChI is InChI=1S/C22H26N2O4S/c1-5-16-28-20-11-6-18(7-12-20)8-15-22(25)23-19-9-13-21(14-10-19)29(26,27)24(4)17(2)3/h5-15,17H,1,16H2,2-4H3,(H,23,25)/b15-8+. The third kappa shape index (κ3) is 6.30. The van der Waals surface area contributed by atoms with E-state index >= 15 is 0 Å². The molecule has 1 N–H and O–H groups in total. The van der Waals surface area contributed by atoms with Gasteiger partial charge in [0.25, 0.3) is 0 Å². The first-order chi connectivity index (χ1) is 13.7. The molecule has 154 valence electrons. The van der Waals surface area contributed by atoms with E-state index in [1.54, 1.807) is 45.2 Å². The first kappa shape index (κ1) is 22.4. The lowest BCUT2D eigenvalue weighted by molar-refractivity contribution is -0.111. The summed E-state index contributed by atoms with van der Waals surface area (Å²) in [4.78, 5) is 12.3. The summed E-state index contributed by atoms with van der Waals surface area (Å²) in [6, 6.07) is 13.3. The quantitative estimate of drug-likeness (QED) is 0.498. The number of nitrogens with zero attached hydrogens (tertiary/aromatic N) is 1. The Morgan fingerprint density at radius 3 is 2.31 bits per heavy atom. The number of anilines is 1. The Morgan fingerprint density at radius 1 is 1.14 bits per heavy atom. The summed E-state index contributed by atoms with van der Waals surface area (Å²) in [5.74, 6) is 0.413. The van der Waals surface area contributed by atoms with Crippen LogP contribution >= 0.6 is 0 Å². The van der Waals surface area contributed by atoms with Gasteiger partial charge in [0.05, 0.1) is 4.90 Å². The molecule has 2 aromatic rings. The van der Waals surface area contributed by atoms with Crippen LogP contribution in [0.25, 0.3) is 6.08 Å². The number of benzene rings is 2. The summed E-state index contributed by atoms with van der Waals surface area (Å²) in [7, 11) is -2.01. The minimum Gasteiger partial charge on any atom is -0.490 e. The monoisotopic (exact) mass is 414 g/mol. The van der Waals surface area contributed by atoms with Gasteiger partial charge in [0.2, 0.25) is 15.9 Å². The fourth-order valence-corrected chi connectivity index (χ4v) is 3.71. The van der Waals surface area contributed by atoms with Crippen LogP contribution in [-0.2, 0) is 14.8 Å². The van der Waals surface area contributed by atoms with E-state index in [1.807, 2.05) is 24.3 Å². The molecule has 2 rings (SSSR count). The largest absolute Gasteiger partial charge is 0.490 e. The number of hydrogen-bond donors (Lipinski definition) is 1. The maximum atomic E-state index is 12.5. The molecule has 0 atom stereocenters. The zero-order valence-corrected chi connectivity index (χ0v) is 17.6. The van der Waals surface area contributed by atoms with Crippen molar-refractivity contribution < 1.29 is 17.9 Å². The van der Waals surface area contributed by atoms with Gasteiger partial charge >= 0.3 is 0 Å². The molecule has 0 aliphatic rings. The van der Waals surface area contributed by atoms with Gasteiger partial charge in [-0.15, -0.1) is 0 Å². The molecule has 7 heteroatoms. The molecule has 0 saturated carbocycles. The summed E-state index contributed by atoms with van der Waals surface area (Å²) in [6.07, 6.45) is 4.77. The van der Waals surface area contributed by atoms with E-state index in [2.05, 4.69) is 11.9 Å². The average Bonchev–Trinajstić information content (AvgIpc) is 2.71. The second-order valence-electron chi connectivity index (χ2n) is 6.63. The van der Waals surface area contributed by atoms with Crippen LogP contribution in [0.3, 0.4) is 0 Å². The lowest BCUT2D eigenvalue weighted by Gasteiger charge is -2.21. The van der Waals surface area contributed by atoms with E-state index in [0.717, 1.165) is 11.3 Å². The van der Waals surface area contributed by atoms with Crippen molar-refractivity contribution in [1.29, 1.82) is 0 Å². The van der Waals surface area contributed by atoms with Gasteiger partial charge in [-0.25, -0.2) is 8.42 Å². The molecule has 0 bridgehead atoms. The molecule has 0 aromatic heterocycles. The topological polar surface area (TPSA) is 75.7 Å². The molecule has 0 aliphatic heterocycles. The van der Waals surface area contributed by atoms with E-state index in [-0.39, 0.29) is 16.8 Å². The molecule has 0 unspecified atom stereocenters. The van der Waals surface area contributed by atoms with Gasteiger partial charge in [-0.1, -0.05) is 24.8 Å². The maximum absolute atomic E-state index is 12.5. The number of nitrogens with one attached hydrogen (secondary N) is 1. The second-order valence-corrected chi connectivity index (χ2v) is 8.63. The summed E-state index contributed by atoms with van der Waals surface area (Å²) in [5.41, 5.74) is 1.36. The van der Waals surface area contributed by atoms with Gasteiger partial charge in [-0.2, -0.15) is 4.31 Å². The molecular weight excluding hydrogens is 388 g/mol. The molecule has 0 fully saturated rings. The second kappa shape index (κ2) is 10.0. The third-order valence-corrected chi connectivity index (χ3v) is 6.25. The van der Waals surface area contributed by atoms with Crippen molar-refractivity contribution in [3.63, 3.8) is 0 Å². The molecule has 1 amide bonds. The average molecular weight is 415 g/mol. The van der Waals surface area contributed by atoms with Gasteiger partial charge in [-0.05, 0) is 61.9 Å². The van der Waals surface area contributed by atoms with Crippen LogP contribution in [0, 0.1) is 0 Å². The van der Waals surface area contributed by atoms with Crippen molar-refractivity contribution in [1.82, 2.24) is 4.31 Å². The minimum atomic E-state index is -3.55. The summed E-state index contributed by atoms with van der Waals surface area (Å²) in [5, 5.41) is 2.71. The van der Waals surface area contributed by atoms with Gasteiger partial charge in [0.15, 0.2) is 0 Å². The molecule has 0 radical (unpaired) electrons. The van der Waals surface area contributed by atoms with Crippen molar-refractivity contribution in [2.24, 2.45) is 0 Å². The fraction of sp³-hybridized carbons (Fsp3) is 0.227. The Kier molecular flexibility index (Phi) is 7.75. The summed E-state index contributed by atoms with van der Waals surface area (Å²) < 4.78 is 31.6. The van der Waals surface area contributed by atoms with Crippen LogP contribution < -0.4 is 10.1 Å². The predicted molar refractivity (Wildman–Crippen MR) is 116 cm³/mol. The molecule has 0 spiro atoms. The van der Waals surface area contributed by atoms with E-state index in [1.165, 1.54) is 22.5 Å². The van der Waals surface area contributed by atoms with Crippen LogP contribution in [0.15, 0.2) is 72.2 Å². The highest BCUT2D eigenvalue weighted by atomic mass is 32.2. The number of ether oxygens (including phenoxy) is 1. The van der Waals surface area contributed by atoms with E-state index < -0.39 is 10.0 Å². The number of rotatable bonds is 9. The smallest absolute Gasteiger partial charge is 0.248 e. The number of amides is 1. The van der Waals surface area contributed by atoms with Crippen LogP contribution in [0.4, 0.5) is 5.69 Å². The third-order valence-electron chi connectivity index (χ3n) is 4.20. The SMILES string of the molecule is C=CCOc1ccc(/C=C/C(=O)Nc2ccc(S(=O)(=O)N(C)C(C)C)cc2)cc1. The van der Waals surface area contributed by atoms with Crippen molar-refractivity contribution in [2.75, 3.05) is 19.0 Å². The fourth-order valence-electron chi connectivity index (χ4n) is 2.34. The lowest BCUT2D eigenvalue weighted by atomic mass is 10.2. The molecule has 2 aromatic carbocycles. The highest BCUT2D eigenvalue weighted by Gasteiger charge is 2.22. The molecule has 0 aliphatic carbocycles. The molecule has 29 heavy (non-hydrogen) atoms. The van der Waals surface area contributed by atoms with E-state index in [9.17, 15) is 13.2 Å². The Labute approximate surface area is 172 Å². The van der Waals surface area contributed by atoms with Gasteiger partial charge in [-0.3, -0.25) is 4.79 Å². The van der Waals surface area contributed by atoms with Crippen molar-refractivity contribution in [3.05, 3.63) is 72.8 Å². The van der Waals surface area contributed by atoms with Gasteiger partial charge in [0.1, 0.15) is 12.4 Å². The van der Waals surface area contributed by atoms with Crippen molar-refractivity contribution >= 4 is 27.7 Å². The molecule has 0 saturated heterocycles. The maximum Gasteiger partial charge on any atom is 0.248 e. The highest BCUT2D eigenvalue weighted by Crippen LogP contribution is 2.19. The number of hydrogen-bond acceptors (Lipinski definition) is 4. The molecule has 0 heterocycles. The van der Waals surface area contributed by atoms with E-state index in [0.29, 0.717) is 12.3 Å². The van der Waals surface area contributed by atoms with Crippen molar-refractivity contribution in [3.8, 4) is 5.75 Å². The zero-order valence-electron chi connectivity index (χ0n) is 16.8. The van der Waals surface area contributed by atoms with Crippen LogP contribution in [0.5, 0.6) is 5.75 Å². The number of sulfonamides is 1. The summed E-state index contributed by atoms with van der Waals surface area (Å²) >= 11 is 0. The zero-order chi connectivity index (χ0) is 21.4. The Hall–Kier alpha value is -2.90. The van der Waals surface area contributed by atoms with Gasteiger partial charge in [0, 0.05) is 24.9 Å². The first-order valence-corrected chi connectivity index (χ1v) is 10.6. The molecule has 6 nitrogen and oxygen atoms in total. The van der Waals surface area contributed by atoms with Crippen LogP contribution in [0.1, 0.15) is 19.4 Å². The van der Waals surface area contributed by atoms with Crippen LogP contribution in [0.2, 0.25) is 0 Å². The van der Waals surface area contributed by atoms with Crippen LogP contribution in [-0.4, -0.2) is 38.3 Å². The first-order valence-electron chi connectivity index (χ1n) is 9.15. The lowest BCUT2D eigenvalue weighted by Crippen LogP contribution is -2.33. The summed E-state index contributed by atoms with van der Waals surface area (Å²) in [6.45, 7) is 7.64. The van der Waals surface area contributed by atoms with Crippen molar-refractivity contribution in [2.45, 2.75) is 24.8 Å². The Morgan fingerprint density at radius 2 is 1.76 bits per heavy atom. The van der Waals surface area contributed by atoms with Gasteiger partial charge < -0.3 is 10.1 Å². The normalized spacial score (nSPS) is 11.8.